The van der Waals surface area contributed by atoms with Gasteiger partial charge in [0.15, 0.2) is 5.82 Å². The number of hydrogen-bond acceptors (Lipinski definition) is 4. The minimum Gasteiger partial charge on any atom is -0.326 e. The standard InChI is InChI=1S/C16H18N4S/c1-20-14-5-3-2-4-12(14)18-15(20)13-10-21-16(19-13)11-6-8-17-9-7-11/h2-5,10-11,17H,6-9H2,1H3. The summed E-state index contributed by atoms with van der Waals surface area (Å²) in [6.45, 7) is 2.21. The highest BCUT2D eigenvalue weighted by Crippen LogP contribution is 2.31. The Morgan fingerprint density at radius 3 is 2.81 bits per heavy atom. The van der Waals surface area contributed by atoms with Gasteiger partial charge in [-0.3, -0.25) is 0 Å². The number of aryl methyl sites for hydroxylation is 1. The lowest BCUT2D eigenvalue weighted by atomic mass is 9.99. The second-order valence-electron chi connectivity index (χ2n) is 5.58. The van der Waals surface area contributed by atoms with Crippen LogP contribution in [0.1, 0.15) is 23.8 Å². The van der Waals surface area contributed by atoms with Crippen LogP contribution >= 0.6 is 11.3 Å². The van der Waals surface area contributed by atoms with Gasteiger partial charge in [-0.05, 0) is 38.1 Å². The zero-order valence-electron chi connectivity index (χ0n) is 12.0. The van der Waals surface area contributed by atoms with E-state index in [0.717, 1.165) is 35.6 Å². The number of fused-ring (bicyclic) bond motifs is 1. The fourth-order valence-corrected chi connectivity index (χ4v) is 3.99. The largest absolute Gasteiger partial charge is 0.326 e. The zero-order chi connectivity index (χ0) is 14.2. The molecule has 1 aliphatic heterocycles. The van der Waals surface area contributed by atoms with Crippen LogP contribution in [0.5, 0.6) is 0 Å². The quantitative estimate of drug-likeness (QED) is 0.790. The average molecular weight is 298 g/mol. The van der Waals surface area contributed by atoms with Gasteiger partial charge >= 0.3 is 0 Å². The molecule has 0 aliphatic carbocycles. The summed E-state index contributed by atoms with van der Waals surface area (Å²) in [6, 6.07) is 8.24. The molecule has 5 heteroatoms. The number of thiazole rings is 1. The van der Waals surface area contributed by atoms with Crippen LogP contribution in [0, 0.1) is 0 Å². The van der Waals surface area contributed by atoms with E-state index >= 15 is 0 Å². The van der Waals surface area contributed by atoms with Crippen molar-refractivity contribution in [1.29, 1.82) is 0 Å². The number of nitrogens with one attached hydrogen (secondary N) is 1. The van der Waals surface area contributed by atoms with Crippen LogP contribution < -0.4 is 5.32 Å². The number of hydrogen-bond donors (Lipinski definition) is 1. The molecule has 4 nitrogen and oxygen atoms in total. The van der Waals surface area contributed by atoms with Crippen molar-refractivity contribution < 1.29 is 0 Å². The lowest BCUT2D eigenvalue weighted by Gasteiger charge is -2.20. The van der Waals surface area contributed by atoms with Crippen LogP contribution in [-0.4, -0.2) is 27.6 Å². The summed E-state index contributed by atoms with van der Waals surface area (Å²) in [6.07, 6.45) is 2.38. The maximum absolute atomic E-state index is 4.87. The summed E-state index contributed by atoms with van der Waals surface area (Å²) in [7, 11) is 2.06. The second kappa shape index (κ2) is 5.24. The van der Waals surface area contributed by atoms with Crippen LogP contribution in [0.15, 0.2) is 29.6 Å². The van der Waals surface area contributed by atoms with E-state index < -0.39 is 0 Å². The Kier molecular flexibility index (Phi) is 3.24. The lowest BCUT2D eigenvalue weighted by molar-refractivity contribution is 0.459. The first-order valence-electron chi connectivity index (χ1n) is 7.41. The number of nitrogens with zero attached hydrogens (tertiary/aromatic N) is 3. The Morgan fingerprint density at radius 1 is 1.19 bits per heavy atom. The van der Waals surface area contributed by atoms with E-state index in [1.165, 1.54) is 17.8 Å². The molecule has 0 saturated carbocycles. The monoisotopic (exact) mass is 298 g/mol. The van der Waals surface area contributed by atoms with Crippen molar-refractivity contribution in [2.24, 2.45) is 7.05 Å². The van der Waals surface area contributed by atoms with E-state index in [1.54, 1.807) is 11.3 Å². The maximum atomic E-state index is 4.87. The van der Waals surface area contributed by atoms with E-state index in [2.05, 4.69) is 40.5 Å². The van der Waals surface area contributed by atoms with Crippen molar-refractivity contribution in [3.63, 3.8) is 0 Å². The summed E-state index contributed by atoms with van der Waals surface area (Å²) in [5, 5.41) is 6.82. The lowest BCUT2D eigenvalue weighted by Crippen LogP contribution is -2.26. The number of benzene rings is 1. The van der Waals surface area contributed by atoms with E-state index in [0.29, 0.717) is 5.92 Å². The molecule has 0 bridgehead atoms. The third kappa shape index (κ3) is 2.26. The van der Waals surface area contributed by atoms with Gasteiger partial charge in [-0.2, -0.15) is 0 Å². The first kappa shape index (κ1) is 13.0. The summed E-state index contributed by atoms with van der Waals surface area (Å²) < 4.78 is 2.14. The Morgan fingerprint density at radius 2 is 2.00 bits per heavy atom. The molecule has 1 N–H and O–H groups in total. The molecular formula is C16H18N4S. The first-order valence-corrected chi connectivity index (χ1v) is 8.29. The predicted molar refractivity (Wildman–Crippen MR) is 86.7 cm³/mol. The van der Waals surface area contributed by atoms with E-state index in [-0.39, 0.29) is 0 Å². The summed E-state index contributed by atoms with van der Waals surface area (Å²) >= 11 is 1.78. The van der Waals surface area contributed by atoms with Gasteiger partial charge in [0.1, 0.15) is 5.69 Å². The normalized spacial score (nSPS) is 16.6. The molecule has 1 saturated heterocycles. The van der Waals surface area contributed by atoms with Crippen LogP contribution in [-0.2, 0) is 7.05 Å². The minimum atomic E-state index is 0.611. The molecule has 3 heterocycles. The number of piperidine rings is 1. The molecule has 1 fully saturated rings. The van der Waals surface area contributed by atoms with Crippen LogP contribution in [0.25, 0.3) is 22.6 Å². The topological polar surface area (TPSA) is 42.7 Å². The molecule has 0 radical (unpaired) electrons. The van der Waals surface area contributed by atoms with Gasteiger partial charge in [0.05, 0.1) is 16.0 Å². The number of para-hydroxylation sites is 2. The Balaban J connectivity index is 1.72. The van der Waals surface area contributed by atoms with Gasteiger partial charge in [0, 0.05) is 18.3 Å². The molecule has 0 amide bonds. The molecule has 0 atom stereocenters. The summed E-state index contributed by atoms with van der Waals surface area (Å²) in [5.41, 5.74) is 3.20. The zero-order valence-corrected chi connectivity index (χ0v) is 12.9. The number of aromatic nitrogens is 3. The van der Waals surface area contributed by atoms with Crippen molar-refractivity contribution in [3.8, 4) is 11.5 Å². The van der Waals surface area contributed by atoms with Crippen molar-refractivity contribution in [3.05, 3.63) is 34.7 Å². The molecule has 21 heavy (non-hydrogen) atoms. The SMILES string of the molecule is Cn1c(-c2csc(C3CCNCC3)n2)nc2ccccc21. The highest BCUT2D eigenvalue weighted by molar-refractivity contribution is 7.10. The molecule has 2 aromatic heterocycles. The molecule has 0 unspecified atom stereocenters. The highest BCUT2D eigenvalue weighted by atomic mass is 32.1. The van der Waals surface area contributed by atoms with Crippen LogP contribution in [0.2, 0.25) is 0 Å². The van der Waals surface area contributed by atoms with Gasteiger partial charge < -0.3 is 9.88 Å². The van der Waals surface area contributed by atoms with Gasteiger partial charge in [0.25, 0.3) is 0 Å². The Labute approximate surface area is 127 Å². The highest BCUT2D eigenvalue weighted by Gasteiger charge is 2.20. The minimum absolute atomic E-state index is 0.611. The third-order valence-corrected chi connectivity index (χ3v) is 5.23. The molecule has 1 aliphatic rings. The summed E-state index contributed by atoms with van der Waals surface area (Å²) in [5.74, 6) is 1.58. The van der Waals surface area contributed by atoms with Crippen molar-refractivity contribution >= 4 is 22.4 Å². The molecule has 1 aromatic carbocycles. The fourth-order valence-electron chi connectivity index (χ4n) is 3.02. The second-order valence-corrected chi connectivity index (χ2v) is 6.47. The summed E-state index contributed by atoms with van der Waals surface area (Å²) in [4.78, 5) is 9.60. The molecule has 0 spiro atoms. The number of imidazole rings is 1. The van der Waals surface area contributed by atoms with Crippen LogP contribution in [0.4, 0.5) is 0 Å². The molecular weight excluding hydrogens is 280 g/mol. The molecule has 4 rings (SSSR count). The smallest absolute Gasteiger partial charge is 0.160 e. The Hall–Kier alpha value is -1.72. The molecule has 108 valence electrons. The van der Waals surface area contributed by atoms with Crippen LogP contribution in [0.3, 0.4) is 0 Å². The van der Waals surface area contributed by atoms with E-state index in [1.807, 2.05) is 6.07 Å². The average Bonchev–Trinajstić information content (AvgIpc) is 3.14. The first-order chi connectivity index (χ1) is 10.3. The predicted octanol–water partition coefficient (Wildman–Crippen LogP) is 3.16. The number of rotatable bonds is 2. The Bertz CT molecular complexity index is 768. The van der Waals surface area contributed by atoms with Gasteiger partial charge in [-0.25, -0.2) is 9.97 Å². The van der Waals surface area contributed by atoms with Crippen molar-refractivity contribution in [2.75, 3.05) is 13.1 Å². The van der Waals surface area contributed by atoms with E-state index in [9.17, 15) is 0 Å². The van der Waals surface area contributed by atoms with Crippen molar-refractivity contribution in [1.82, 2.24) is 19.9 Å². The van der Waals surface area contributed by atoms with Crippen molar-refractivity contribution in [2.45, 2.75) is 18.8 Å². The van der Waals surface area contributed by atoms with Gasteiger partial charge in [-0.15, -0.1) is 11.3 Å². The van der Waals surface area contributed by atoms with Gasteiger partial charge in [0.2, 0.25) is 0 Å². The van der Waals surface area contributed by atoms with E-state index in [4.69, 9.17) is 9.97 Å². The van der Waals surface area contributed by atoms with Gasteiger partial charge in [-0.1, -0.05) is 12.1 Å². The fraction of sp³-hybridized carbons (Fsp3) is 0.375. The third-order valence-electron chi connectivity index (χ3n) is 4.23. The molecule has 3 aromatic rings. The maximum Gasteiger partial charge on any atom is 0.160 e.